The number of nitrogens with one attached hydrogen (secondary N) is 2. The minimum absolute atomic E-state index is 0.0122. The van der Waals surface area contributed by atoms with Crippen molar-refractivity contribution in [3.63, 3.8) is 0 Å². The van der Waals surface area contributed by atoms with E-state index < -0.39 is 15.8 Å². The number of anilines is 1. The molecule has 0 heterocycles. The van der Waals surface area contributed by atoms with Crippen LogP contribution < -0.4 is 14.8 Å². The van der Waals surface area contributed by atoms with Crippen molar-refractivity contribution in [3.05, 3.63) is 53.8 Å². The zero-order chi connectivity index (χ0) is 18.4. The molecule has 0 spiro atoms. The molecule has 2 aromatic rings. The zero-order valence-electron chi connectivity index (χ0n) is 13.9. The van der Waals surface area contributed by atoms with E-state index in [1.54, 1.807) is 6.92 Å². The number of benzene rings is 2. The molecule has 2 rings (SSSR count). The largest absolute Gasteiger partial charge is 0.495 e. The summed E-state index contributed by atoms with van der Waals surface area (Å²) in [6, 6.07) is 9.70. The van der Waals surface area contributed by atoms with Crippen molar-refractivity contribution in [2.45, 2.75) is 24.8 Å². The number of hydrogen-bond donors (Lipinski definition) is 2. The Balaban J connectivity index is 2.21. The first-order valence-corrected chi connectivity index (χ1v) is 9.06. The molecule has 2 N–H and O–H groups in total. The van der Waals surface area contributed by atoms with Crippen LogP contribution in [0.25, 0.3) is 0 Å². The SMILES string of the molecule is CCC(=O)Nc1cc(S(=O)(=O)NCc2ccc(F)cc2)ccc1OC. The van der Waals surface area contributed by atoms with Gasteiger partial charge in [0.2, 0.25) is 15.9 Å². The van der Waals surface area contributed by atoms with Gasteiger partial charge in [0.15, 0.2) is 0 Å². The van der Waals surface area contributed by atoms with Crippen LogP contribution >= 0.6 is 0 Å². The predicted molar refractivity (Wildman–Crippen MR) is 92.3 cm³/mol. The Hall–Kier alpha value is -2.45. The Morgan fingerprint density at radius 1 is 1.16 bits per heavy atom. The number of halogens is 1. The number of carbonyl (C=O) groups excluding carboxylic acids is 1. The van der Waals surface area contributed by atoms with Crippen LogP contribution in [0.5, 0.6) is 5.75 Å². The second-order valence-corrected chi connectivity index (χ2v) is 6.98. The number of hydrogen-bond acceptors (Lipinski definition) is 4. The van der Waals surface area contributed by atoms with Gasteiger partial charge in [0.05, 0.1) is 17.7 Å². The minimum Gasteiger partial charge on any atom is -0.495 e. The summed E-state index contributed by atoms with van der Waals surface area (Å²) in [6.45, 7) is 1.71. The highest BCUT2D eigenvalue weighted by atomic mass is 32.2. The van der Waals surface area contributed by atoms with E-state index in [0.717, 1.165) is 0 Å². The molecule has 134 valence electrons. The van der Waals surface area contributed by atoms with E-state index in [1.807, 2.05) is 0 Å². The van der Waals surface area contributed by atoms with Gasteiger partial charge in [-0.25, -0.2) is 17.5 Å². The maximum Gasteiger partial charge on any atom is 0.240 e. The van der Waals surface area contributed by atoms with Crippen molar-refractivity contribution in [3.8, 4) is 5.75 Å². The standard InChI is InChI=1S/C17H19FN2O4S/c1-3-17(21)20-15-10-14(8-9-16(15)24-2)25(22,23)19-11-12-4-6-13(18)7-5-12/h4-10,19H,3,11H2,1-2H3,(H,20,21). The van der Waals surface area contributed by atoms with Crippen LogP contribution in [0.2, 0.25) is 0 Å². The van der Waals surface area contributed by atoms with Crippen LogP contribution in [0.4, 0.5) is 10.1 Å². The fourth-order valence-corrected chi connectivity index (χ4v) is 3.10. The Morgan fingerprint density at radius 2 is 1.84 bits per heavy atom. The quantitative estimate of drug-likeness (QED) is 0.789. The first-order valence-electron chi connectivity index (χ1n) is 7.57. The highest BCUT2D eigenvalue weighted by Gasteiger charge is 2.17. The summed E-state index contributed by atoms with van der Waals surface area (Å²) in [7, 11) is -2.38. The van der Waals surface area contributed by atoms with Gasteiger partial charge < -0.3 is 10.1 Å². The fourth-order valence-electron chi connectivity index (χ4n) is 2.05. The van der Waals surface area contributed by atoms with Crippen LogP contribution in [0.15, 0.2) is 47.4 Å². The van der Waals surface area contributed by atoms with Crippen molar-refractivity contribution >= 4 is 21.6 Å². The summed E-state index contributed by atoms with van der Waals surface area (Å²) in [5.41, 5.74) is 0.900. The molecule has 1 amide bonds. The Morgan fingerprint density at radius 3 is 2.44 bits per heavy atom. The monoisotopic (exact) mass is 366 g/mol. The summed E-state index contributed by atoms with van der Waals surface area (Å²) >= 11 is 0. The zero-order valence-corrected chi connectivity index (χ0v) is 14.7. The molecule has 6 nitrogen and oxygen atoms in total. The average Bonchev–Trinajstić information content (AvgIpc) is 2.61. The minimum atomic E-state index is -3.81. The summed E-state index contributed by atoms with van der Waals surface area (Å²) in [5.74, 6) is -0.288. The van der Waals surface area contributed by atoms with Gasteiger partial charge in [-0.1, -0.05) is 19.1 Å². The molecular formula is C17H19FN2O4S. The van der Waals surface area contributed by atoms with Crippen LogP contribution in [0, 0.1) is 5.82 Å². The average molecular weight is 366 g/mol. The van der Waals surface area contributed by atoms with Gasteiger partial charge in [0.1, 0.15) is 11.6 Å². The second-order valence-electron chi connectivity index (χ2n) is 5.21. The van der Waals surface area contributed by atoms with Crippen LogP contribution in [0.3, 0.4) is 0 Å². The summed E-state index contributed by atoms with van der Waals surface area (Å²) < 4.78 is 45.3. The number of carbonyl (C=O) groups is 1. The lowest BCUT2D eigenvalue weighted by atomic mass is 10.2. The molecule has 0 saturated carbocycles. The third kappa shape index (κ3) is 5.01. The van der Waals surface area contributed by atoms with E-state index in [2.05, 4.69) is 10.0 Å². The molecule has 0 aliphatic heterocycles. The molecular weight excluding hydrogens is 347 g/mol. The smallest absolute Gasteiger partial charge is 0.240 e. The molecule has 0 bridgehead atoms. The third-order valence-corrected chi connectivity index (χ3v) is 4.85. The third-order valence-electron chi connectivity index (χ3n) is 3.46. The van der Waals surface area contributed by atoms with E-state index in [0.29, 0.717) is 11.3 Å². The first-order chi connectivity index (χ1) is 11.9. The van der Waals surface area contributed by atoms with Crippen molar-refractivity contribution in [2.24, 2.45) is 0 Å². The number of rotatable bonds is 7. The number of methoxy groups -OCH3 is 1. The molecule has 0 radical (unpaired) electrons. The van der Waals surface area contributed by atoms with Gasteiger partial charge in [-0.15, -0.1) is 0 Å². The highest BCUT2D eigenvalue weighted by Crippen LogP contribution is 2.27. The van der Waals surface area contributed by atoms with Gasteiger partial charge in [0.25, 0.3) is 0 Å². The number of sulfonamides is 1. The lowest BCUT2D eigenvalue weighted by Gasteiger charge is -2.12. The topological polar surface area (TPSA) is 84.5 Å². The summed E-state index contributed by atoms with van der Waals surface area (Å²) in [5, 5.41) is 2.61. The molecule has 8 heteroatoms. The predicted octanol–water partition coefficient (Wildman–Crippen LogP) is 2.66. The molecule has 0 aliphatic rings. The second kappa shape index (κ2) is 8.09. The van der Waals surface area contributed by atoms with Crippen molar-refractivity contribution in [2.75, 3.05) is 12.4 Å². The van der Waals surface area contributed by atoms with Crippen LogP contribution in [-0.2, 0) is 21.4 Å². The van der Waals surface area contributed by atoms with Gasteiger partial charge in [0, 0.05) is 13.0 Å². The van der Waals surface area contributed by atoms with Gasteiger partial charge in [-0.2, -0.15) is 0 Å². The van der Waals surface area contributed by atoms with Crippen molar-refractivity contribution in [1.82, 2.24) is 4.72 Å². The van der Waals surface area contributed by atoms with E-state index >= 15 is 0 Å². The summed E-state index contributed by atoms with van der Waals surface area (Å²) in [4.78, 5) is 11.6. The molecule has 0 aromatic heterocycles. The maximum atomic E-state index is 12.9. The molecule has 2 aromatic carbocycles. The van der Waals surface area contributed by atoms with Gasteiger partial charge >= 0.3 is 0 Å². The Kier molecular flexibility index (Phi) is 6.11. The maximum absolute atomic E-state index is 12.9. The van der Waals surface area contributed by atoms with E-state index in [9.17, 15) is 17.6 Å². The summed E-state index contributed by atoms with van der Waals surface area (Å²) in [6.07, 6.45) is 0.253. The number of ether oxygens (including phenoxy) is 1. The van der Waals surface area contributed by atoms with Gasteiger partial charge in [-0.05, 0) is 35.9 Å². The normalized spacial score (nSPS) is 11.2. The lowest BCUT2D eigenvalue weighted by molar-refractivity contribution is -0.115. The molecule has 0 atom stereocenters. The first kappa shape index (κ1) is 18.9. The molecule has 0 unspecified atom stereocenters. The van der Waals surface area contributed by atoms with Crippen LogP contribution in [-0.4, -0.2) is 21.4 Å². The Labute approximate surface area is 146 Å². The molecule has 25 heavy (non-hydrogen) atoms. The number of amides is 1. The molecule has 0 saturated heterocycles. The van der Waals surface area contributed by atoms with Crippen molar-refractivity contribution < 1.29 is 22.3 Å². The van der Waals surface area contributed by atoms with E-state index in [4.69, 9.17) is 4.74 Å². The van der Waals surface area contributed by atoms with E-state index in [-0.39, 0.29) is 29.5 Å². The lowest BCUT2D eigenvalue weighted by Crippen LogP contribution is -2.23. The highest BCUT2D eigenvalue weighted by molar-refractivity contribution is 7.89. The van der Waals surface area contributed by atoms with Crippen molar-refractivity contribution in [1.29, 1.82) is 0 Å². The molecule has 0 fully saturated rings. The Bertz CT molecular complexity index is 851. The fraction of sp³-hybridized carbons (Fsp3) is 0.235. The van der Waals surface area contributed by atoms with Crippen LogP contribution in [0.1, 0.15) is 18.9 Å². The molecule has 0 aliphatic carbocycles. The van der Waals surface area contributed by atoms with E-state index in [1.165, 1.54) is 49.6 Å². The van der Waals surface area contributed by atoms with Gasteiger partial charge in [-0.3, -0.25) is 4.79 Å².